The molecule has 0 aliphatic heterocycles. The number of allylic oxidation sites excluding steroid dienone is 4. The lowest BCUT2D eigenvalue weighted by Gasteiger charge is -2.30. The van der Waals surface area contributed by atoms with E-state index in [1.807, 2.05) is 21.1 Å². The number of amides is 1. The molecule has 0 aromatic rings. The molecule has 0 spiro atoms. The largest absolute Gasteiger partial charge is 0.756 e. The van der Waals surface area contributed by atoms with Crippen LogP contribution in [0.2, 0.25) is 0 Å². The van der Waals surface area contributed by atoms with E-state index >= 15 is 0 Å². The third-order valence-corrected chi connectivity index (χ3v) is 11.4. The van der Waals surface area contributed by atoms with Gasteiger partial charge in [0.2, 0.25) is 5.91 Å². The fourth-order valence-corrected chi connectivity index (χ4v) is 7.44. The molecule has 3 atom stereocenters. The number of quaternary nitrogens is 1. The van der Waals surface area contributed by atoms with Crippen LogP contribution in [0.3, 0.4) is 0 Å². The number of aliphatic hydroxyl groups is 1. The van der Waals surface area contributed by atoms with E-state index < -0.39 is 20.0 Å². The summed E-state index contributed by atoms with van der Waals surface area (Å²) in [5, 5.41) is 13.9. The number of phosphoric acid groups is 1. The maximum atomic E-state index is 12.9. The Labute approximate surface area is 341 Å². The molecule has 9 heteroatoms. The normalized spacial score (nSPS) is 14.5. The standard InChI is InChI=1S/C46H91N2O6P/c1-6-8-10-12-14-16-18-20-22-23-24-25-26-28-30-32-34-36-38-40-46(50)47-44(43-54-55(51,52)53-42-41-48(3,4)5)45(49)39-37-35-33-31-29-27-21-19-17-15-13-11-9-7-2/h14,16,20,22,44-45,49H,6-13,15,17-19,21,23-43H2,1-5H3,(H-,47,50,51,52)/b16-14-,22-20-. The van der Waals surface area contributed by atoms with E-state index in [0.29, 0.717) is 23.9 Å². The molecule has 326 valence electrons. The van der Waals surface area contributed by atoms with Gasteiger partial charge in [0, 0.05) is 6.42 Å². The molecule has 0 aliphatic carbocycles. The lowest BCUT2D eigenvalue weighted by molar-refractivity contribution is -0.870. The Bertz CT molecular complexity index is 953. The van der Waals surface area contributed by atoms with Crippen molar-refractivity contribution in [2.45, 2.75) is 225 Å². The highest BCUT2D eigenvalue weighted by molar-refractivity contribution is 7.45. The maximum Gasteiger partial charge on any atom is 0.268 e. The lowest BCUT2D eigenvalue weighted by atomic mass is 10.0. The number of hydrogen-bond acceptors (Lipinski definition) is 6. The zero-order valence-electron chi connectivity index (χ0n) is 36.9. The van der Waals surface area contributed by atoms with Crippen molar-refractivity contribution < 1.29 is 32.9 Å². The van der Waals surface area contributed by atoms with Gasteiger partial charge in [-0.05, 0) is 44.9 Å². The van der Waals surface area contributed by atoms with E-state index in [-0.39, 0.29) is 19.1 Å². The molecule has 0 fully saturated rings. The van der Waals surface area contributed by atoms with Crippen molar-refractivity contribution in [2.24, 2.45) is 0 Å². The number of likely N-dealkylation sites (N-methyl/N-ethyl adjacent to an activating group) is 1. The fraction of sp³-hybridized carbons (Fsp3) is 0.891. The topological polar surface area (TPSA) is 108 Å². The van der Waals surface area contributed by atoms with Crippen LogP contribution in [0, 0.1) is 0 Å². The minimum absolute atomic E-state index is 0.0120. The smallest absolute Gasteiger partial charge is 0.268 e. The first-order valence-corrected chi connectivity index (χ1v) is 24.6. The van der Waals surface area contributed by atoms with E-state index in [0.717, 1.165) is 44.9 Å². The molecule has 0 heterocycles. The summed E-state index contributed by atoms with van der Waals surface area (Å²) in [5.41, 5.74) is 0. The van der Waals surface area contributed by atoms with Crippen molar-refractivity contribution in [3.05, 3.63) is 24.3 Å². The lowest BCUT2D eigenvalue weighted by Crippen LogP contribution is -2.46. The Morgan fingerprint density at radius 1 is 0.636 bits per heavy atom. The first-order chi connectivity index (χ1) is 26.5. The van der Waals surface area contributed by atoms with Crippen molar-refractivity contribution >= 4 is 13.7 Å². The van der Waals surface area contributed by atoms with Crippen molar-refractivity contribution in [3.8, 4) is 0 Å². The molecular weight excluding hydrogens is 707 g/mol. The number of phosphoric ester groups is 1. The Hall–Kier alpha value is -1.02. The summed E-state index contributed by atoms with van der Waals surface area (Å²) < 4.78 is 23.3. The third kappa shape index (κ3) is 41.0. The highest BCUT2D eigenvalue weighted by atomic mass is 31.2. The van der Waals surface area contributed by atoms with E-state index in [1.54, 1.807) is 0 Å². The molecule has 1 amide bonds. The molecule has 0 rings (SSSR count). The maximum absolute atomic E-state index is 12.9. The average molecular weight is 799 g/mol. The van der Waals surface area contributed by atoms with Crippen LogP contribution in [0.15, 0.2) is 24.3 Å². The van der Waals surface area contributed by atoms with E-state index in [4.69, 9.17) is 9.05 Å². The number of carbonyl (C=O) groups is 1. The first kappa shape index (κ1) is 54.0. The number of carbonyl (C=O) groups excluding carboxylic acids is 1. The Morgan fingerprint density at radius 2 is 1.05 bits per heavy atom. The zero-order valence-corrected chi connectivity index (χ0v) is 37.8. The molecule has 0 aromatic heterocycles. The summed E-state index contributed by atoms with van der Waals surface area (Å²) in [4.78, 5) is 25.3. The van der Waals surface area contributed by atoms with E-state index in [9.17, 15) is 19.4 Å². The van der Waals surface area contributed by atoms with E-state index in [2.05, 4.69) is 43.5 Å². The fourth-order valence-electron chi connectivity index (χ4n) is 6.72. The van der Waals surface area contributed by atoms with Crippen molar-refractivity contribution in [2.75, 3.05) is 40.9 Å². The number of rotatable bonds is 42. The Kier molecular flexibility index (Phi) is 37.8. The van der Waals surface area contributed by atoms with Gasteiger partial charge in [0.05, 0.1) is 39.9 Å². The van der Waals surface area contributed by atoms with Crippen LogP contribution in [-0.2, 0) is 18.4 Å². The third-order valence-electron chi connectivity index (χ3n) is 10.4. The predicted molar refractivity (Wildman–Crippen MR) is 233 cm³/mol. The van der Waals surface area contributed by atoms with Gasteiger partial charge in [-0.1, -0.05) is 186 Å². The number of hydrogen-bond donors (Lipinski definition) is 2. The number of nitrogens with one attached hydrogen (secondary N) is 1. The van der Waals surface area contributed by atoms with Gasteiger partial charge in [0.15, 0.2) is 0 Å². The number of aliphatic hydroxyl groups excluding tert-OH is 1. The minimum Gasteiger partial charge on any atom is -0.756 e. The molecule has 3 unspecified atom stereocenters. The van der Waals surface area contributed by atoms with Gasteiger partial charge >= 0.3 is 0 Å². The second-order valence-electron chi connectivity index (χ2n) is 17.1. The summed E-state index contributed by atoms with van der Waals surface area (Å²) in [5.74, 6) is -0.169. The van der Waals surface area contributed by atoms with Crippen LogP contribution < -0.4 is 10.2 Å². The summed E-state index contributed by atoms with van der Waals surface area (Å²) >= 11 is 0. The molecule has 8 nitrogen and oxygen atoms in total. The van der Waals surface area contributed by atoms with Crippen LogP contribution >= 0.6 is 7.82 Å². The van der Waals surface area contributed by atoms with Gasteiger partial charge in [-0.3, -0.25) is 9.36 Å². The van der Waals surface area contributed by atoms with Crippen molar-refractivity contribution in [3.63, 3.8) is 0 Å². The molecule has 0 bridgehead atoms. The highest BCUT2D eigenvalue weighted by Crippen LogP contribution is 2.38. The van der Waals surface area contributed by atoms with Gasteiger partial charge in [-0.15, -0.1) is 0 Å². The van der Waals surface area contributed by atoms with Crippen molar-refractivity contribution in [1.29, 1.82) is 0 Å². The zero-order chi connectivity index (χ0) is 40.7. The van der Waals surface area contributed by atoms with Gasteiger partial charge in [-0.25, -0.2) is 0 Å². The number of nitrogens with zero attached hydrogens (tertiary/aromatic N) is 1. The predicted octanol–water partition coefficient (Wildman–Crippen LogP) is 12.3. The Balaban J connectivity index is 4.32. The number of unbranched alkanes of at least 4 members (excludes halogenated alkanes) is 25. The average Bonchev–Trinajstić information content (AvgIpc) is 3.13. The molecule has 0 aliphatic rings. The quantitative estimate of drug-likeness (QED) is 0.0276. The van der Waals surface area contributed by atoms with Crippen LogP contribution in [0.4, 0.5) is 0 Å². The summed E-state index contributed by atoms with van der Waals surface area (Å²) in [6, 6.07) is -0.800. The highest BCUT2D eigenvalue weighted by Gasteiger charge is 2.24. The summed E-state index contributed by atoms with van der Waals surface area (Å²) in [6.07, 6.45) is 44.6. The molecule has 0 radical (unpaired) electrons. The first-order valence-electron chi connectivity index (χ1n) is 23.2. The molecule has 0 saturated heterocycles. The molecule has 0 saturated carbocycles. The van der Waals surface area contributed by atoms with E-state index in [1.165, 1.54) is 141 Å². The van der Waals surface area contributed by atoms with Crippen LogP contribution in [0.5, 0.6) is 0 Å². The monoisotopic (exact) mass is 799 g/mol. The SMILES string of the molecule is CCCCC/C=C\C/C=C\CCCCCCCCCCCC(=O)NC(COP(=O)([O-])OCC[N+](C)(C)C)C(O)CCCCCCCCCCCCCCCC. The van der Waals surface area contributed by atoms with Gasteiger partial charge in [-0.2, -0.15) is 0 Å². The molecule has 55 heavy (non-hydrogen) atoms. The molecular formula is C46H91N2O6P. The summed E-state index contributed by atoms with van der Waals surface area (Å²) in [6.45, 7) is 4.70. The van der Waals surface area contributed by atoms with Crippen LogP contribution in [0.25, 0.3) is 0 Å². The second kappa shape index (κ2) is 38.5. The van der Waals surface area contributed by atoms with Gasteiger partial charge in [0.1, 0.15) is 13.2 Å². The van der Waals surface area contributed by atoms with Crippen molar-refractivity contribution in [1.82, 2.24) is 5.32 Å². The molecule has 0 aromatic carbocycles. The van der Waals surface area contributed by atoms with Crippen LogP contribution in [0.1, 0.15) is 213 Å². The Morgan fingerprint density at radius 3 is 1.55 bits per heavy atom. The van der Waals surface area contributed by atoms with Gasteiger partial charge < -0.3 is 28.8 Å². The van der Waals surface area contributed by atoms with Gasteiger partial charge in [0.25, 0.3) is 7.82 Å². The van der Waals surface area contributed by atoms with Crippen LogP contribution in [-0.4, -0.2) is 68.5 Å². The minimum atomic E-state index is -4.56. The summed E-state index contributed by atoms with van der Waals surface area (Å²) in [7, 11) is 1.30. The second-order valence-corrected chi connectivity index (χ2v) is 18.5. The molecule has 2 N–H and O–H groups in total.